The minimum Gasteiger partial charge on any atom is -0.541 e. The maximum absolute atomic E-state index is 6.87. The highest BCUT2D eigenvalue weighted by Gasteiger charge is 2.46. The zero-order valence-electron chi connectivity index (χ0n) is 25.8. The van der Waals surface area contributed by atoms with Crippen molar-refractivity contribution < 1.29 is 18.3 Å². The van der Waals surface area contributed by atoms with Crippen LogP contribution in [0, 0.1) is 0 Å². The second kappa shape index (κ2) is 11.0. The third-order valence-electron chi connectivity index (χ3n) is 8.62. The minimum atomic E-state index is -2.05. The molecule has 36 heavy (non-hydrogen) atoms. The summed E-state index contributed by atoms with van der Waals surface area (Å²) in [6.07, 6.45) is 5.68. The van der Waals surface area contributed by atoms with Crippen LogP contribution in [0.2, 0.25) is 36.3 Å². The van der Waals surface area contributed by atoms with Crippen molar-refractivity contribution in [3.8, 4) is 11.5 Å². The molecule has 1 atom stereocenters. The van der Waals surface area contributed by atoms with Crippen LogP contribution >= 0.6 is 0 Å². The van der Waals surface area contributed by atoms with E-state index in [1.807, 2.05) is 0 Å². The molecule has 0 aliphatic carbocycles. The van der Waals surface area contributed by atoms with Crippen LogP contribution in [0.25, 0.3) is 0 Å². The van der Waals surface area contributed by atoms with Crippen molar-refractivity contribution >= 4 is 16.6 Å². The van der Waals surface area contributed by atoms with Gasteiger partial charge in [-0.05, 0) is 94.0 Å². The first kappa shape index (κ1) is 31.1. The molecule has 1 heterocycles. The fourth-order valence-electron chi connectivity index (χ4n) is 3.60. The van der Waals surface area contributed by atoms with Gasteiger partial charge >= 0.3 is 0 Å². The molecule has 1 fully saturated rings. The van der Waals surface area contributed by atoms with E-state index in [0.717, 1.165) is 36.3 Å². The number of rotatable bonds is 11. The van der Waals surface area contributed by atoms with Gasteiger partial charge in [0.2, 0.25) is 0 Å². The van der Waals surface area contributed by atoms with Crippen LogP contribution in [0.15, 0.2) is 23.8 Å². The smallest absolute Gasteiger partial charge is 0.250 e. The largest absolute Gasteiger partial charge is 0.541 e. The van der Waals surface area contributed by atoms with Crippen LogP contribution in [0.3, 0.4) is 0 Å². The summed E-state index contributed by atoms with van der Waals surface area (Å²) < 4.78 is 25.1. The molecule has 206 valence electrons. The van der Waals surface area contributed by atoms with Gasteiger partial charge in [-0.1, -0.05) is 53.2 Å². The lowest BCUT2D eigenvalue weighted by Crippen LogP contribution is -2.44. The summed E-state index contributed by atoms with van der Waals surface area (Å²) in [6.45, 7) is 30.0. The average molecular weight is 535 g/mol. The van der Waals surface area contributed by atoms with Gasteiger partial charge in [-0.3, -0.25) is 0 Å². The molecule has 0 radical (unpaired) electrons. The Labute approximate surface area is 224 Å². The maximum atomic E-state index is 6.87. The highest BCUT2D eigenvalue weighted by Crippen LogP contribution is 2.43. The predicted octanol–water partition coefficient (Wildman–Crippen LogP) is 9.05. The molecular weight excluding hydrogens is 480 g/mol. The van der Waals surface area contributed by atoms with Crippen molar-refractivity contribution in [1.82, 2.24) is 0 Å². The highest BCUT2D eigenvalue weighted by molar-refractivity contribution is 6.75. The van der Waals surface area contributed by atoms with Gasteiger partial charge in [0, 0.05) is 5.56 Å². The van der Waals surface area contributed by atoms with Gasteiger partial charge in [-0.2, -0.15) is 0 Å². The summed E-state index contributed by atoms with van der Waals surface area (Å²) in [6, 6.07) is 4.39. The number of ether oxygens (including phenoxy) is 2. The third-order valence-corrected chi connectivity index (χ3v) is 17.4. The zero-order chi connectivity index (χ0) is 27.7. The first-order valence-corrected chi connectivity index (χ1v) is 19.4. The van der Waals surface area contributed by atoms with E-state index in [0.29, 0.717) is 12.7 Å². The molecule has 0 bridgehead atoms. The van der Waals surface area contributed by atoms with Crippen LogP contribution in [-0.4, -0.2) is 35.4 Å². The number of methoxy groups -OCH3 is 1. The fourth-order valence-corrected chi connectivity index (χ4v) is 5.61. The first-order chi connectivity index (χ1) is 16.2. The molecule has 0 N–H and O–H groups in total. The van der Waals surface area contributed by atoms with Crippen LogP contribution in [0.4, 0.5) is 0 Å². The molecule has 1 aliphatic rings. The number of hydrogen-bond acceptors (Lipinski definition) is 4. The predicted molar refractivity (Wildman–Crippen MR) is 158 cm³/mol. The van der Waals surface area contributed by atoms with Gasteiger partial charge in [0.05, 0.1) is 25.4 Å². The van der Waals surface area contributed by atoms with Crippen molar-refractivity contribution in [2.24, 2.45) is 0 Å². The van der Waals surface area contributed by atoms with Gasteiger partial charge in [-0.15, -0.1) is 0 Å². The van der Waals surface area contributed by atoms with Gasteiger partial charge in [0.15, 0.2) is 14.1 Å². The Bertz CT molecular complexity index is 933. The second-order valence-corrected chi connectivity index (χ2v) is 23.7. The topological polar surface area (TPSA) is 40.2 Å². The monoisotopic (exact) mass is 534 g/mol. The Hall–Kier alpha value is -1.09. The Morgan fingerprint density at radius 1 is 1.00 bits per heavy atom. The molecule has 0 saturated carbocycles. The third kappa shape index (κ3) is 7.96. The van der Waals surface area contributed by atoms with Gasteiger partial charge < -0.3 is 18.3 Å². The van der Waals surface area contributed by atoms with E-state index in [2.05, 4.69) is 107 Å². The quantitative estimate of drug-likeness (QED) is 0.161. The molecule has 1 aliphatic heterocycles. The molecule has 4 nitrogen and oxygen atoms in total. The molecule has 0 aromatic heterocycles. The fraction of sp³-hybridized carbons (Fsp3) is 0.733. The number of epoxide rings is 1. The Morgan fingerprint density at radius 3 is 2.03 bits per heavy atom. The summed E-state index contributed by atoms with van der Waals surface area (Å²) in [4.78, 5) is 0. The van der Waals surface area contributed by atoms with Crippen molar-refractivity contribution in [2.75, 3.05) is 7.11 Å². The van der Waals surface area contributed by atoms with Crippen molar-refractivity contribution in [2.45, 2.75) is 136 Å². The molecule has 1 saturated heterocycles. The summed E-state index contributed by atoms with van der Waals surface area (Å²) >= 11 is 0. The van der Waals surface area contributed by atoms with E-state index >= 15 is 0 Å². The summed E-state index contributed by atoms with van der Waals surface area (Å²) in [5.74, 6) is 1.71. The SMILES string of the molecule is COc1cc(CO[Si](C)(C)C(C)(C)C)cc(C/C=C(\C)CC[C@H]2OC2(C)C)c1O[Si](C)(C)C(C)(C)C. The summed E-state index contributed by atoms with van der Waals surface area (Å²) in [7, 11) is -2.17. The molecule has 0 spiro atoms. The van der Waals surface area contributed by atoms with Crippen LogP contribution in [0.5, 0.6) is 11.5 Å². The average Bonchev–Trinajstić information content (AvgIpc) is 3.34. The Kier molecular flexibility index (Phi) is 9.47. The number of benzene rings is 1. The molecule has 6 heteroatoms. The summed E-state index contributed by atoms with van der Waals surface area (Å²) in [5.41, 5.74) is 3.77. The minimum absolute atomic E-state index is 0.0519. The van der Waals surface area contributed by atoms with Crippen molar-refractivity contribution in [3.05, 3.63) is 34.9 Å². The van der Waals surface area contributed by atoms with Crippen LogP contribution in [0.1, 0.15) is 86.3 Å². The van der Waals surface area contributed by atoms with Gasteiger partial charge in [-0.25, -0.2) is 0 Å². The van der Waals surface area contributed by atoms with Crippen LogP contribution in [-0.2, 0) is 22.2 Å². The first-order valence-electron chi connectivity index (χ1n) is 13.6. The molecule has 0 unspecified atom stereocenters. The number of allylic oxidation sites excluding steroid dienone is 2. The lowest BCUT2D eigenvalue weighted by atomic mass is 10.0. The van der Waals surface area contributed by atoms with E-state index in [-0.39, 0.29) is 15.7 Å². The molecule has 0 amide bonds. The highest BCUT2D eigenvalue weighted by atomic mass is 28.4. The standard InChI is InChI=1S/C30H54O4Si2/c1-22(16-18-26-30(8,9)33-26)15-17-24-19-23(21-32-35(11,12)28(2,3)4)20-25(31-10)27(24)34-36(13,14)29(5,6)7/h15,19-20,26H,16-18,21H2,1-14H3/b22-15+/t26-/m1/s1. The van der Waals surface area contributed by atoms with E-state index in [1.54, 1.807) is 7.11 Å². The normalized spacial score (nSPS) is 18.8. The Morgan fingerprint density at radius 2 is 1.56 bits per heavy atom. The van der Waals surface area contributed by atoms with E-state index in [9.17, 15) is 0 Å². The molecule has 2 rings (SSSR count). The second-order valence-electron chi connectivity index (χ2n) is 14.2. The van der Waals surface area contributed by atoms with Crippen molar-refractivity contribution in [3.63, 3.8) is 0 Å². The van der Waals surface area contributed by atoms with Gasteiger partial charge in [0.25, 0.3) is 8.32 Å². The van der Waals surface area contributed by atoms with E-state index < -0.39 is 16.6 Å². The maximum Gasteiger partial charge on any atom is 0.250 e. The van der Waals surface area contributed by atoms with E-state index in [1.165, 1.54) is 11.1 Å². The molecule has 1 aromatic carbocycles. The zero-order valence-corrected chi connectivity index (χ0v) is 27.8. The lowest BCUT2D eigenvalue weighted by molar-refractivity contribution is 0.275. The molecular formula is C30H54O4Si2. The van der Waals surface area contributed by atoms with Crippen molar-refractivity contribution in [1.29, 1.82) is 0 Å². The Balaban J connectivity index is 2.36. The van der Waals surface area contributed by atoms with Gasteiger partial charge in [0.1, 0.15) is 5.75 Å². The summed E-state index contributed by atoms with van der Waals surface area (Å²) in [5, 5.41) is 0.271. The lowest BCUT2D eigenvalue weighted by Gasteiger charge is -2.38. The molecule has 1 aromatic rings. The number of hydrogen-bond donors (Lipinski definition) is 0. The van der Waals surface area contributed by atoms with E-state index in [4.69, 9.17) is 18.3 Å². The van der Waals surface area contributed by atoms with Crippen LogP contribution < -0.4 is 9.16 Å².